The molecule has 17 heavy (non-hydrogen) atoms. The van der Waals surface area contributed by atoms with Crippen LogP contribution in [0.1, 0.15) is 12.5 Å². The summed E-state index contributed by atoms with van der Waals surface area (Å²) in [6.45, 7) is 1.99. The third kappa shape index (κ3) is 3.65. The normalized spacial score (nSPS) is 8.88. The lowest BCUT2D eigenvalue weighted by Gasteiger charge is -2.02. The highest BCUT2D eigenvalue weighted by molar-refractivity contribution is 5.89. The van der Waals surface area contributed by atoms with Gasteiger partial charge in [-0.1, -0.05) is 0 Å². The number of ether oxygens (including phenoxy) is 3. The number of methoxy groups -OCH3 is 2. The number of nitrogens with zero attached hydrogens (tertiary/aromatic N) is 2. The minimum absolute atomic E-state index is 0.170. The van der Waals surface area contributed by atoms with Gasteiger partial charge in [0.2, 0.25) is 5.88 Å². The summed E-state index contributed by atoms with van der Waals surface area (Å²) in [6, 6.07) is 0.170. The molecule has 90 valence electrons. The first-order valence-corrected chi connectivity index (χ1v) is 4.85. The molecule has 0 aliphatic heterocycles. The van der Waals surface area contributed by atoms with Gasteiger partial charge in [-0.3, -0.25) is 0 Å². The Bertz CT molecular complexity index is 462. The molecule has 6 nitrogen and oxygen atoms in total. The fraction of sp³-hybridized carbons (Fsp3) is 0.364. The molecule has 0 unspecified atom stereocenters. The van der Waals surface area contributed by atoms with Crippen LogP contribution >= 0.6 is 0 Å². The molecule has 1 heterocycles. The van der Waals surface area contributed by atoms with E-state index in [0.717, 1.165) is 0 Å². The molecule has 0 bridgehead atoms. The van der Waals surface area contributed by atoms with Crippen LogP contribution in [0.5, 0.6) is 11.9 Å². The Labute approximate surface area is 98.9 Å². The van der Waals surface area contributed by atoms with Crippen molar-refractivity contribution in [3.8, 4) is 23.7 Å². The largest absolute Gasteiger partial charge is 0.480 e. The monoisotopic (exact) mass is 236 g/mol. The molecule has 0 amide bonds. The predicted molar refractivity (Wildman–Crippen MR) is 58.6 cm³/mol. The average Bonchev–Trinajstić information content (AvgIpc) is 2.36. The summed E-state index contributed by atoms with van der Waals surface area (Å²) in [4.78, 5) is 18.8. The molecule has 0 saturated carbocycles. The number of rotatable bonds is 3. The van der Waals surface area contributed by atoms with Crippen LogP contribution in [0.25, 0.3) is 0 Å². The van der Waals surface area contributed by atoms with E-state index in [4.69, 9.17) is 9.47 Å². The van der Waals surface area contributed by atoms with Gasteiger partial charge in [0.25, 0.3) is 0 Å². The number of esters is 1. The maximum absolute atomic E-state index is 11.0. The zero-order valence-corrected chi connectivity index (χ0v) is 9.81. The number of carbonyl (C=O) groups is 1. The van der Waals surface area contributed by atoms with Crippen LogP contribution in [-0.4, -0.2) is 36.8 Å². The molecule has 0 N–H and O–H groups in total. The second-order valence-electron chi connectivity index (χ2n) is 2.75. The third-order valence-electron chi connectivity index (χ3n) is 1.68. The fourth-order valence-corrected chi connectivity index (χ4v) is 0.976. The van der Waals surface area contributed by atoms with Crippen molar-refractivity contribution in [1.29, 1.82) is 0 Å². The van der Waals surface area contributed by atoms with Crippen LogP contribution in [0.15, 0.2) is 6.20 Å². The van der Waals surface area contributed by atoms with E-state index in [0.29, 0.717) is 5.56 Å². The van der Waals surface area contributed by atoms with Crippen molar-refractivity contribution >= 4 is 5.97 Å². The Balaban J connectivity index is 2.94. The molecule has 0 radical (unpaired) electrons. The van der Waals surface area contributed by atoms with Gasteiger partial charge >= 0.3 is 12.0 Å². The zero-order valence-electron chi connectivity index (χ0n) is 9.81. The van der Waals surface area contributed by atoms with Gasteiger partial charge in [0.05, 0.1) is 27.0 Å². The highest BCUT2D eigenvalue weighted by Gasteiger charge is 2.05. The van der Waals surface area contributed by atoms with E-state index in [1.165, 1.54) is 20.4 Å². The predicted octanol–water partition coefficient (Wildman–Crippen LogP) is 0.408. The first-order valence-electron chi connectivity index (χ1n) is 4.85. The molecule has 0 spiro atoms. The van der Waals surface area contributed by atoms with E-state index in [1.807, 2.05) is 0 Å². The summed E-state index contributed by atoms with van der Waals surface area (Å²) < 4.78 is 14.5. The lowest BCUT2D eigenvalue weighted by molar-refractivity contribution is -0.136. The molecule has 1 aromatic heterocycles. The van der Waals surface area contributed by atoms with Crippen LogP contribution in [0, 0.1) is 11.8 Å². The second-order valence-corrected chi connectivity index (χ2v) is 2.75. The van der Waals surface area contributed by atoms with Gasteiger partial charge in [0.1, 0.15) is 5.56 Å². The van der Waals surface area contributed by atoms with Crippen molar-refractivity contribution in [3.05, 3.63) is 11.8 Å². The summed E-state index contributed by atoms with van der Waals surface area (Å²) in [7, 11) is 2.88. The molecule has 0 fully saturated rings. The molecule has 1 rings (SSSR count). The first kappa shape index (κ1) is 12.8. The first-order chi connectivity index (χ1) is 8.21. The van der Waals surface area contributed by atoms with E-state index in [1.54, 1.807) is 6.92 Å². The number of carbonyl (C=O) groups excluding carboxylic acids is 1. The van der Waals surface area contributed by atoms with E-state index >= 15 is 0 Å². The third-order valence-corrected chi connectivity index (χ3v) is 1.68. The Kier molecular flexibility index (Phi) is 4.76. The summed E-state index contributed by atoms with van der Waals surface area (Å²) in [5, 5.41) is 0. The van der Waals surface area contributed by atoms with Gasteiger partial charge in [0, 0.05) is 5.92 Å². The zero-order chi connectivity index (χ0) is 12.7. The Hall–Kier alpha value is -2.29. The molecule has 0 aliphatic carbocycles. The SMILES string of the molecule is CCOC(=O)C#Cc1cnc(OC)nc1OC. The molecular weight excluding hydrogens is 224 g/mol. The summed E-state index contributed by atoms with van der Waals surface area (Å²) >= 11 is 0. The molecule has 0 saturated heterocycles. The standard InChI is InChI=1S/C11H12N2O4/c1-4-17-9(14)6-5-8-7-12-11(16-3)13-10(8)15-2/h7H,4H2,1-3H3. The van der Waals surface area contributed by atoms with Crippen LogP contribution in [0.2, 0.25) is 0 Å². The van der Waals surface area contributed by atoms with Crippen molar-refractivity contribution in [2.45, 2.75) is 6.92 Å². The molecule has 1 aromatic rings. The minimum Gasteiger partial charge on any atom is -0.480 e. The average molecular weight is 236 g/mol. The highest BCUT2D eigenvalue weighted by Crippen LogP contribution is 2.15. The van der Waals surface area contributed by atoms with Crippen LogP contribution in [0.4, 0.5) is 0 Å². The van der Waals surface area contributed by atoms with Crippen LogP contribution in [0.3, 0.4) is 0 Å². The minimum atomic E-state index is -0.606. The van der Waals surface area contributed by atoms with Crippen molar-refractivity contribution in [2.75, 3.05) is 20.8 Å². The summed E-state index contributed by atoms with van der Waals surface area (Å²) in [5.74, 6) is 4.51. The van der Waals surface area contributed by atoms with Crippen molar-refractivity contribution in [2.24, 2.45) is 0 Å². The van der Waals surface area contributed by atoms with Gasteiger partial charge in [-0.25, -0.2) is 9.78 Å². The second kappa shape index (κ2) is 6.33. The van der Waals surface area contributed by atoms with E-state index in [9.17, 15) is 4.79 Å². The lowest BCUT2D eigenvalue weighted by atomic mass is 10.3. The summed E-state index contributed by atoms with van der Waals surface area (Å²) in [5.41, 5.74) is 0.390. The quantitative estimate of drug-likeness (QED) is 0.559. The van der Waals surface area contributed by atoms with Crippen LogP contribution in [-0.2, 0) is 9.53 Å². The van der Waals surface area contributed by atoms with Crippen LogP contribution < -0.4 is 9.47 Å². The van der Waals surface area contributed by atoms with E-state index in [-0.39, 0.29) is 18.5 Å². The Morgan fingerprint density at radius 1 is 1.41 bits per heavy atom. The molecular formula is C11H12N2O4. The van der Waals surface area contributed by atoms with E-state index < -0.39 is 5.97 Å². The Morgan fingerprint density at radius 3 is 2.76 bits per heavy atom. The maximum Gasteiger partial charge on any atom is 0.384 e. The van der Waals surface area contributed by atoms with Gasteiger partial charge in [-0.15, -0.1) is 0 Å². The fourth-order valence-electron chi connectivity index (χ4n) is 0.976. The van der Waals surface area contributed by atoms with Gasteiger partial charge in [0.15, 0.2) is 0 Å². The Morgan fingerprint density at radius 2 is 2.18 bits per heavy atom. The number of hydrogen-bond donors (Lipinski definition) is 0. The number of aromatic nitrogens is 2. The van der Waals surface area contributed by atoms with Gasteiger partial charge in [-0.2, -0.15) is 4.98 Å². The molecule has 0 atom stereocenters. The van der Waals surface area contributed by atoms with Gasteiger partial charge in [-0.05, 0) is 12.8 Å². The van der Waals surface area contributed by atoms with Crippen molar-refractivity contribution < 1.29 is 19.0 Å². The summed E-state index contributed by atoms with van der Waals surface area (Å²) in [6.07, 6.45) is 1.41. The van der Waals surface area contributed by atoms with Crippen molar-refractivity contribution in [1.82, 2.24) is 9.97 Å². The smallest absolute Gasteiger partial charge is 0.384 e. The molecule has 0 aliphatic rings. The lowest BCUT2D eigenvalue weighted by Crippen LogP contribution is -2.01. The van der Waals surface area contributed by atoms with Crippen molar-refractivity contribution in [3.63, 3.8) is 0 Å². The van der Waals surface area contributed by atoms with E-state index in [2.05, 4.69) is 26.5 Å². The topological polar surface area (TPSA) is 70.5 Å². The maximum atomic E-state index is 11.0. The molecule has 6 heteroatoms. The van der Waals surface area contributed by atoms with Gasteiger partial charge < -0.3 is 14.2 Å². The highest BCUT2D eigenvalue weighted by atomic mass is 16.5. The number of hydrogen-bond acceptors (Lipinski definition) is 6. The molecule has 0 aromatic carbocycles.